The van der Waals surface area contributed by atoms with Crippen LogP contribution in [0.5, 0.6) is 0 Å². The molecule has 1 aromatic rings. The third-order valence-electron chi connectivity index (χ3n) is 3.52. The van der Waals surface area contributed by atoms with E-state index in [4.69, 9.17) is 4.74 Å². The first-order valence-electron chi connectivity index (χ1n) is 7.46. The summed E-state index contributed by atoms with van der Waals surface area (Å²) in [6.45, 7) is 1.35. The first kappa shape index (κ1) is 18.4. The number of sulfonamides is 1. The van der Waals surface area contributed by atoms with Gasteiger partial charge in [-0.2, -0.15) is 4.31 Å². The molecular weight excluding hydrogens is 336 g/mol. The zero-order valence-corrected chi connectivity index (χ0v) is 14.2. The van der Waals surface area contributed by atoms with Crippen molar-refractivity contribution in [1.29, 1.82) is 0 Å². The Balaban J connectivity index is 1.90. The molecule has 8 nitrogen and oxygen atoms in total. The molecule has 1 fully saturated rings. The van der Waals surface area contributed by atoms with Gasteiger partial charge in [-0.25, -0.2) is 13.2 Å². The summed E-state index contributed by atoms with van der Waals surface area (Å²) < 4.78 is 35.4. The Labute approximate surface area is 140 Å². The van der Waals surface area contributed by atoms with E-state index in [1.165, 1.54) is 17.5 Å². The summed E-state index contributed by atoms with van der Waals surface area (Å²) in [7, 11) is -2.21. The molecule has 1 aliphatic heterocycles. The van der Waals surface area contributed by atoms with Gasteiger partial charge < -0.3 is 14.8 Å². The Kier molecular flexibility index (Phi) is 6.29. The highest BCUT2D eigenvalue weighted by Crippen LogP contribution is 2.13. The number of rotatable bonds is 6. The molecule has 0 aliphatic carbocycles. The van der Waals surface area contributed by atoms with E-state index in [1.54, 1.807) is 18.2 Å². The molecule has 1 aromatic carbocycles. The van der Waals surface area contributed by atoms with Crippen molar-refractivity contribution < 1.29 is 27.5 Å². The number of benzene rings is 1. The first-order valence-corrected chi connectivity index (χ1v) is 9.07. The predicted molar refractivity (Wildman–Crippen MR) is 87.2 cm³/mol. The smallest absolute Gasteiger partial charge is 0.337 e. The number of hydrogen-bond donors (Lipinski definition) is 1. The zero-order chi connectivity index (χ0) is 17.6. The van der Waals surface area contributed by atoms with Crippen LogP contribution in [-0.4, -0.2) is 63.8 Å². The van der Waals surface area contributed by atoms with E-state index in [0.29, 0.717) is 37.6 Å². The lowest BCUT2D eigenvalue weighted by molar-refractivity contribution is -0.115. The SMILES string of the molecule is COC(=O)c1cccc(NC(=O)CCS(=O)(=O)N2CCOCC2)c1. The fourth-order valence-corrected chi connectivity index (χ4v) is 3.65. The molecule has 0 aromatic heterocycles. The molecular formula is C15H20N2O6S. The number of carbonyl (C=O) groups excluding carboxylic acids is 2. The van der Waals surface area contributed by atoms with Gasteiger partial charge in [0.15, 0.2) is 0 Å². The Bertz CT molecular complexity index is 698. The molecule has 0 spiro atoms. The molecule has 1 amide bonds. The minimum Gasteiger partial charge on any atom is -0.465 e. The van der Waals surface area contributed by atoms with E-state index in [0.717, 1.165) is 0 Å². The van der Waals surface area contributed by atoms with Gasteiger partial charge >= 0.3 is 5.97 Å². The zero-order valence-electron chi connectivity index (χ0n) is 13.4. The Morgan fingerprint density at radius 3 is 2.67 bits per heavy atom. The monoisotopic (exact) mass is 356 g/mol. The van der Waals surface area contributed by atoms with Gasteiger partial charge in [0.1, 0.15) is 0 Å². The molecule has 1 N–H and O–H groups in total. The second-order valence-corrected chi connectivity index (χ2v) is 7.29. The Morgan fingerprint density at radius 2 is 2.00 bits per heavy atom. The maximum absolute atomic E-state index is 12.2. The summed E-state index contributed by atoms with van der Waals surface area (Å²) >= 11 is 0. The number of carbonyl (C=O) groups is 2. The number of nitrogens with one attached hydrogen (secondary N) is 1. The van der Waals surface area contributed by atoms with E-state index >= 15 is 0 Å². The standard InChI is InChI=1S/C15H20N2O6S/c1-22-15(19)12-3-2-4-13(11-12)16-14(18)5-10-24(20,21)17-6-8-23-9-7-17/h2-4,11H,5-10H2,1H3,(H,16,18). The second kappa shape index (κ2) is 8.22. The van der Waals surface area contributed by atoms with Crippen LogP contribution in [-0.2, 0) is 24.3 Å². The molecule has 0 saturated carbocycles. The van der Waals surface area contributed by atoms with Gasteiger partial charge in [-0.3, -0.25) is 4.79 Å². The lowest BCUT2D eigenvalue weighted by Crippen LogP contribution is -2.42. The van der Waals surface area contributed by atoms with E-state index in [-0.39, 0.29) is 12.2 Å². The number of esters is 1. The van der Waals surface area contributed by atoms with E-state index in [9.17, 15) is 18.0 Å². The lowest BCUT2D eigenvalue weighted by atomic mass is 10.2. The summed E-state index contributed by atoms with van der Waals surface area (Å²) in [4.78, 5) is 23.4. The minimum atomic E-state index is -3.48. The predicted octanol–water partition coefficient (Wildman–Crippen LogP) is 0.464. The topological polar surface area (TPSA) is 102 Å². The van der Waals surface area contributed by atoms with Gasteiger partial charge in [0.2, 0.25) is 15.9 Å². The van der Waals surface area contributed by atoms with Gasteiger partial charge in [-0.15, -0.1) is 0 Å². The minimum absolute atomic E-state index is 0.165. The van der Waals surface area contributed by atoms with Crippen molar-refractivity contribution >= 4 is 27.6 Å². The van der Waals surface area contributed by atoms with Gasteiger partial charge in [0.05, 0.1) is 31.6 Å². The van der Waals surface area contributed by atoms with Crippen molar-refractivity contribution in [2.75, 3.05) is 44.5 Å². The highest BCUT2D eigenvalue weighted by Gasteiger charge is 2.24. The van der Waals surface area contributed by atoms with Crippen molar-refractivity contribution in [2.45, 2.75) is 6.42 Å². The van der Waals surface area contributed by atoms with Crippen LogP contribution >= 0.6 is 0 Å². The van der Waals surface area contributed by atoms with Gasteiger partial charge in [-0.1, -0.05) is 6.07 Å². The second-order valence-electron chi connectivity index (χ2n) is 5.20. The summed E-state index contributed by atoms with van der Waals surface area (Å²) in [6, 6.07) is 6.25. The van der Waals surface area contributed by atoms with Gasteiger partial charge in [0.25, 0.3) is 0 Å². The molecule has 0 atom stereocenters. The average Bonchev–Trinajstić information content (AvgIpc) is 2.60. The van der Waals surface area contributed by atoms with Crippen LogP contribution in [0.1, 0.15) is 16.8 Å². The molecule has 0 radical (unpaired) electrons. The van der Waals surface area contributed by atoms with Crippen molar-refractivity contribution in [1.82, 2.24) is 4.31 Å². The lowest BCUT2D eigenvalue weighted by Gasteiger charge is -2.25. The number of ether oxygens (including phenoxy) is 2. The van der Waals surface area contributed by atoms with Crippen LogP contribution in [0.3, 0.4) is 0 Å². The summed E-state index contributed by atoms with van der Waals surface area (Å²) in [5, 5.41) is 2.58. The fraction of sp³-hybridized carbons (Fsp3) is 0.467. The van der Waals surface area contributed by atoms with Crippen molar-refractivity contribution in [3.05, 3.63) is 29.8 Å². The number of morpholine rings is 1. The van der Waals surface area contributed by atoms with Crippen LogP contribution < -0.4 is 5.32 Å². The maximum atomic E-state index is 12.2. The fourth-order valence-electron chi connectivity index (χ4n) is 2.24. The first-order chi connectivity index (χ1) is 11.4. The number of nitrogens with zero attached hydrogens (tertiary/aromatic N) is 1. The molecule has 0 unspecified atom stereocenters. The molecule has 9 heteroatoms. The Hall–Kier alpha value is -1.97. The van der Waals surface area contributed by atoms with Crippen LogP contribution in [0.4, 0.5) is 5.69 Å². The molecule has 1 heterocycles. The van der Waals surface area contributed by atoms with Crippen LogP contribution in [0.2, 0.25) is 0 Å². The summed E-state index contributed by atoms with van der Waals surface area (Å²) in [5.41, 5.74) is 0.711. The van der Waals surface area contributed by atoms with E-state index in [2.05, 4.69) is 10.1 Å². The Morgan fingerprint density at radius 1 is 1.29 bits per heavy atom. The van der Waals surface area contributed by atoms with Crippen molar-refractivity contribution in [2.24, 2.45) is 0 Å². The molecule has 132 valence electrons. The molecule has 0 bridgehead atoms. The summed E-state index contributed by atoms with van der Waals surface area (Å²) in [5.74, 6) is -1.22. The number of methoxy groups -OCH3 is 1. The van der Waals surface area contributed by atoms with E-state index in [1.807, 2.05) is 0 Å². The maximum Gasteiger partial charge on any atom is 0.337 e. The van der Waals surface area contributed by atoms with Gasteiger partial charge in [-0.05, 0) is 18.2 Å². The van der Waals surface area contributed by atoms with Crippen LogP contribution in [0, 0.1) is 0 Å². The highest BCUT2D eigenvalue weighted by atomic mass is 32.2. The normalized spacial score (nSPS) is 15.7. The third kappa shape index (κ3) is 5.02. The van der Waals surface area contributed by atoms with Crippen LogP contribution in [0.25, 0.3) is 0 Å². The summed E-state index contributed by atoms with van der Waals surface area (Å²) in [6.07, 6.45) is -0.165. The van der Waals surface area contributed by atoms with Crippen LogP contribution in [0.15, 0.2) is 24.3 Å². The van der Waals surface area contributed by atoms with Crippen molar-refractivity contribution in [3.8, 4) is 0 Å². The number of anilines is 1. The highest BCUT2D eigenvalue weighted by molar-refractivity contribution is 7.89. The molecule has 24 heavy (non-hydrogen) atoms. The quantitative estimate of drug-likeness (QED) is 0.743. The molecule has 2 rings (SSSR count). The number of amides is 1. The molecule has 1 saturated heterocycles. The van der Waals surface area contributed by atoms with E-state index < -0.39 is 21.9 Å². The average molecular weight is 356 g/mol. The third-order valence-corrected chi connectivity index (χ3v) is 5.39. The van der Waals surface area contributed by atoms with Gasteiger partial charge in [0, 0.05) is 25.2 Å². The molecule has 1 aliphatic rings. The largest absolute Gasteiger partial charge is 0.465 e. The van der Waals surface area contributed by atoms with Crippen molar-refractivity contribution in [3.63, 3.8) is 0 Å². The number of hydrogen-bond acceptors (Lipinski definition) is 6.